The van der Waals surface area contributed by atoms with Crippen LogP contribution in [0.3, 0.4) is 0 Å². The van der Waals surface area contributed by atoms with Gasteiger partial charge in [0.2, 0.25) is 11.8 Å². The molecule has 0 spiro atoms. The Morgan fingerprint density at radius 3 is 2.50 bits per heavy atom. The molecule has 0 aliphatic heterocycles. The van der Waals surface area contributed by atoms with Crippen molar-refractivity contribution in [2.45, 2.75) is 59.0 Å². The summed E-state index contributed by atoms with van der Waals surface area (Å²) in [4.78, 5) is 24.5. The van der Waals surface area contributed by atoms with Gasteiger partial charge in [0.15, 0.2) is 4.77 Å². The molecule has 1 saturated carbocycles. The number of carbonyl (C=O) groups excluding carboxylic acids is 1. The molecule has 8 heteroatoms. The molecule has 24 heavy (non-hydrogen) atoms. The van der Waals surface area contributed by atoms with Gasteiger partial charge in [-0.05, 0) is 38.9 Å². The van der Waals surface area contributed by atoms with Crippen molar-refractivity contribution in [1.82, 2.24) is 14.6 Å². The van der Waals surface area contributed by atoms with Crippen molar-refractivity contribution in [3.63, 3.8) is 0 Å². The zero-order chi connectivity index (χ0) is 17.7. The van der Waals surface area contributed by atoms with Crippen molar-refractivity contribution in [3.8, 4) is 5.88 Å². The minimum Gasteiger partial charge on any atom is -0.494 e. The van der Waals surface area contributed by atoms with E-state index >= 15 is 0 Å². The molecule has 1 aromatic heterocycles. The number of aromatic hydroxyl groups is 1. The number of hydrogen-bond donors (Lipinski definition) is 2. The number of nitrogens with one attached hydrogen (secondary N) is 1. The fourth-order valence-electron chi connectivity index (χ4n) is 3.00. The van der Waals surface area contributed by atoms with E-state index in [-0.39, 0.29) is 28.0 Å². The topological polar surface area (TPSA) is 88.6 Å². The van der Waals surface area contributed by atoms with Crippen LogP contribution < -0.4 is 11.0 Å². The standard InChI is InChI=1S/C16H24N4O3S/c1-3-19-14(22)12(15(23)20(4-2)16(19)24)10-17-18-13(21)11-8-6-5-7-9-11/h10-11,22H,3-9H2,1-2H3,(H,18,21)/b17-10+. The van der Waals surface area contributed by atoms with Gasteiger partial charge in [0.1, 0.15) is 5.56 Å². The van der Waals surface area contributed by atoms with Crippen LogP contribution in [0.25, 0.3) is 0 Å². The number of rotatable bonds is 5. The van der Waals surface area contributed by atoms with Gasteiger partial charge in [-0.15, -0.1) is 0 Å². The summed E-state index contributed by atoms with van der Waals surface area (Å²) in [6.45, 7) is 4.46. The van der Waals surface area contributed by atoms with Crippen molar-refractivity contribution in [3.05, 3.63) is 20.7 Å². The molecule has 2 rings (SSSR count). The molecular formula is C16H24N4O3S. The molecule has 7 nitrogen and oxygen atoms in total. The van der Waals surface area contributed by atoms with Crippen LogP contribution in [-0.4, -0.2) is 26.4 Å². The first-order valence-electron chi connectivity index (χ1n) is 8.40. The Hall–Kier alpha value is -1.96. The van der Waals surface area contributed by atoms with E-state index in [2.05, 4.69) is 10.5 Å². The first kappa shape index (κ1) is 18.4. The summed E-state index contributed by atoms with van der Waals surface area (Å²) in [5.41, 5.74) is 2.09. The zero-order valence-corrected chi connectivity index (χ0v) is 14.9. The van der Waals surface area contributed by atoms with Crippen LogP contribution in [0.15, 0.2) is 9.90 Å². The summed E-state index contributed by atoms with van der Waals surface area (Å²) in [5, 5.41) is 14.1. The normalized spacial score (nSPS) is 15.8. The number of hydrazone groups is 1. The number of aromatic nitrogens is 2. The van der Waals surface area contributed by atoms with Crippen LogP contribution in [0.5, 0.6) is 5.88 Å². The van der Waals surface area contributed by atoms with Gasteiger partial charge in [-0.3, -0.25) is 18.7 Å². The minimum atomic E-state index is -0.416. The maximum atomic E-state index is 12.4. The van der Waals surface area contributed by atoms with E-state index in [1.165, 1.54) is 21.8 Å². The average Bonchev–Trinajstić information content (AvgIpc) is 2.59. The predicted octanol–water partition coefficient (Wildman–Crippen LogP) is 2.16. The lowest BCUT2D eigenvalue weighted by Crippen LogP contribution is -2.30. The molecule has 1 aromatic rings. The lowest BCUT2D eigenvalue weighted by Gasteiger charge is -2.19. The van der Waals surface area contributed by atoms with Crippen LogP contribution in [-0.2, 0) is 17.9 Å². The van der Waals surface area contributed by atoms with Gasteiger partial charge in [-0.25, -0.2) is 5.43 Å². The molecule has 0 unspecified atom stereocenters. The maximum absolute atomic E-state index is 12.4. The van der Waals surface area contributed by atoms with Crippen LogP contribution in [0, 0.1) is 10.7 Å². The second kappa shape index (κ2) is 8.23. The zero-order valence-electron chi connectivity index (χ0n) is 14.1. The highest BCUT2D eigenvalue weighted by Gasteiger charge is 2.20. The highest BCUT2D eigenvalue weighted by molar-refractivity contribution is 7.71. The molecule has 132 valence electrons. The molecule has 2 N–H and O–H groups in total. The quantitative estimate of drug-likeness (QED) is 0.483. The lowest BCUT2D eigenvalue weighted by atomic mass is 9.89. The smallest absolute Gasteiger partial charge is 0.267 e. The maximum Gasteiger partial charge on any atom is 0.267 e. The largest absolute Gasteiger partial charge is 0.494 e. The third kappa shape index (κ3) is 3.75. The van der Waals surface area contributed by atoms with E-state index in [9.17, 15) is 14.7 Å². The van der Waals surface area contributed by atoms with Crippen molar-refractivity contribution in [1.29, 1.82) is 0 Å². The highest BCUT2D eigenvalue weighted by atomic mass is 32.1. The summed E-state index contributed by atoms with van der Waals surface area (Å²) in [5.74, 6) is -0.384. The third-order valence-corrected chi connectivity index (χ3v) is 4.85. The van der Waals surface area contributed by atoms with Gasteiger partial charge in [0, 0.05) is 19.0 Å². The first-order chi connectivity index (χ1) is 11.5. The summed E-state index contributed by atoms with van der Waals surface area (Å²) >= 11 is 5.22. The van der Waals surface area contributed by atoms with E-state index < -0.39 is 5.56 Å². The summed E-state index contributed by atoms with van der Waals surface area (Å²) in [7, 11) is 0. The van der Waals surface area contributed by atoms with Gasteiger partial charge in [-0.2, -0.15) is 5.10 Å². The van der Waals surface area contributed by atoms with Gasteiger partial charge >= 0.3 is 0 Å². The second-order valence-electron chi connectivity index (χ2n) is 5.88. The summed E-state index contributed by atoms with van der Waals surface area (Å²) in [6, 6.07) is 0. The lowest BCUT2D eigenvalue weighted by molar-refractivity contribution is -0.125. The van der Waals surface area contributed by atoms with E-state index in [4.69, 9.17) is 12.2 Å². The molecule has 1 aliphatic carbocycles. The average molecular weight is 352 g/mol. The molecule has 0 radical (unpaired) electrons. The molecule has 0 saturated heterocycles. The van der Waals surface area contributed by atoms with Crippen LogP contribution in [0.4, 0.5) is 0 Å². The van der Waals surface area contributed by atoms with Crippen LogP contribution in [0.1, 0.15) is 51.5 Å². The molecule has 1 fully saturated rings. The molecule has 1 aliphatic rings. The van der Waals surface area contributed by atoms with E-state index in [1.54, 1.807) is 6.92 Å². The van der Waals surface area contributed by atoms with Crippen LogP contribution in [0.2, 0.25) is 0 Å². The Morgan fingerprint density at radius 2 is 1.92 bits per heavy atom. The minimum absolute atomic E-state index is 0.0209. The molecule has 0 bridgehead atoms. The molecular weight excluding hydrogens is 328 g/mol. The Morgan fingerprint density at radius 1 is 1.29 bits per heavy atom. The molecule has 0 aromatic carbocycles. The van der Waals surface area contributed by atoms with E-state index in [1.807, 2.05) is 6.92 Å². The summed E-state index contributed by atoms with van der Waals surface area (Å²) < 4.78 is 3.12. The van der Waals surface area contributed by atoms with Crippen molar-refractivity contribution in [2.75, 3.05) is 0 Å². The Bertz CT molecular complexity index is 745. The highest BCUT2D eigenvalue weighted by Crippen LogP contribution is 2.23. The Labute approximate surface area is 146 Å². The van der Waals surface area contributed by atoms with Gasteiger partial charge in [-0.1, -0.05) is 19.3 Å². The fourth-order valence-corrected chi connectivity index (χ4v) is 3.43. The van der Waals surface area contributed by atoms with Crippen molar-refractivity contribution >= 4 is 24.3 Å². The van der Waals surface area contributed by atoms with Gasteiger partial charge in [0.25, 0.3) is 5.56 Å². The number of nitrogens with zero attached hydrogens (tertiary/aromatic N) is 3. The second-order valence-corrected chi connectivity index (χ2v) is 6.25. The SMILES string of the molecule is CCn1c(O)c(/C=N/NC(=O)C2CCCCC2)c(=O)n(CC)c1=S. The number of carbonyl (C=O) groups is 1. The van der Waals surface area contributed by atoms with Gasteiger partial charge in [0.05, 0.1) is 6.21 Å². The Kier molecular flexibility index (Phi) is 6.30. The summed E-state index contributed by atoms with van der Waals surface area (Å²) in [6.07, 6.45) is 6.22. The number of hydrogen-bond acceptors (Lipinski definition) is 5. The van der Waals surface area contributed by atoms with Gasteiger partial charge < -0.3 is 5.11 Å². The predicted molar refractivity (Wildman–Crippen MR) is 94.9 cm³/mol. The van der Waals surface area contributed by atoms with E-state index in [0.717, 1.165) is 25.7 Å². The van der Waals surface area contributed by atoms with Crippen molar-refractivity contribution < 1.29 is 9.90 Å². The van der Waals surface area contributed by atoms with Crippen LogP contribution >= 0.6 is 12.2 Å². The number of amides is 1. The Balaban J connectivity index is 2.24. The molecule has 1 heterocycles. The molecule has 0 atom stereocenters. The monoisotopic (exact) mass is 352 g/mol. The third-order valence-electron chi connectivity index (χ3n) is 4.41. The fraction of sp³-hybridized carbons (Fsp3) is 0.625. The molecule has 1 amide bonds. The van der Waals surface area contributed by atoms with E-state index in [0.29, 0.717) is 13.1 Å². The first-order valence-corrected chi connectivity index (χ1v) is 8.81. The van der Waals surface area contributed by atoms with Crippen molar-refractivity contribution in [2.24, 2.45) is 11.0 Å².